The normalized spacial score (nSPS) is 18.8. The molecule has 1 amide bonds. The molecule has 0 spiro atoms. The van der Waals surface area contributed by atoms with Crippen LogP contribution in [-0.4, -0.2) is 22.9 Å². The third-order valence-electron chi connectivity index (χ3n) is 2.58. The summed E-state index contributed by atoms with van der Waals surface area (Å²) in [7, 11) is 0. The van der Waals surface area contributed by atoms with Gasteiger partial charge in [-0.15, -0.1) is 0 Å². The van der Waals surface area contributed by atoms with Crippen molar-refractivity contribution in [1.82, 2.24) is 4.90 Å². The van der Waals surface area contributed by atoms with E-state index < -0.39 is 0 Å². The van der Waals surface area contributed by atoms with Gasteiger partial charge in [0.1, 0.15) is 0 Å². The lowest BCUT2D eigenvalue weighted by Crippen LogP contribution is -2.43. The van der Waals surface area contributed by atoms with Gasteiger partial charge in [-0.25, -0.2) is 0 Å². The molecule has 1 heterocycles. The Morgan fingerprint density at radius 2 is 1.92 bits per heavy atom. The fourth-order valence-electron chi connectivity index (χ4n) is 1.74. The summed E-state index contributed by atoms with van der Waals surface area (Å²) in [5, 5.41) is 0. The van der Waals surface area contributed by atoms with Crippen LogP contribution < -0.4 is 0 Å². The van der Waals surface area contributed by atoms with Gasteiger partial charge >= 0.3 is 0 Å². The Balaban J connectivity index is 2.89. The van der Waals surface area contributed by atoms with Crippen LogP contribution in [0.2, 0.25) is 0 Å². The van der Waals surface area contributed by atoms with Crippen molar-refractivity contribution in [2.45, 2.75) is 46.6 Å². The molecule has 1 rings (SSSR count). The Labute approximate surface area is 80.6 Å². The molecule has 0 bridgehead atoms. The van der Waals surface area contributed by atoms with E-state index in [4.69, 9.17) is 0 Å². The second-order valence-electron chi connectivity index (χ2n) is 4.67. The van der Waals surface area contributed by atoms with Crippen molar-refractivity contribution in [1.29, 1.82) is 0 Å². The summed E-state index contributed by atoms with van der Waals surface area (Å²) in [4.78, 5) is 13.8. The number of hydrogen-bond donors (Lipinski definition) is 0. The topological polar surface area (TPSA) is 20.3 Å². The Kier molecular flexibility index (Phi) is 2.51. The van der Waals surface area contributed by atoms with Gasteiger partial charge in [0.2, 0.25) is 5.91 Å². The molecule has 0 aromatic rings. The van der Waals surface area contributed by atoms with Crippen molar-refractivity contribution in [2.24, 2.45) is 0 Å². The molecule has 2 heteroatoms. The molecule has 0 atom stereocenters. The van der Waals surface area contributed by atoms with Gasteiger partial charge in [-0.05, 0) is 39.7 Å². The highest BCUT2D eigenvalue weighted by atomic mass is 16.2. The predicted molar refractivity (Wildman–Crippen MR) is 54.5 cm³/mol. The molecule has 2 nitrogen and oxygen atoms in total. The van der Waals surface area contributed by atoms with Crippen LogP contribution in [0.5, 0.6) is 0 Å². The number of hydrogen-bond acceptors (Lipinski definition) is 1. The maximum atomic E-state index is 11.9. The van der Waals surface area contributed by atoms with Gasteiger partial charge in [0, 0.05) is 17.7 Å². The van der Waals surface area contributed by atoms with Gasteiger partial charge < -0.3 is 4.90 Å². The lowest BCUT2D eigenvalue weighted by atomic mass is 10.1. The standard InChI is InChI=1S/C11H19NO/c1-6-9-8(2)7-12(10(9)13)11(3,4)5/h6-7H2,1-5H3. The monoisotopic (exact) mass is 181 g/mol. The van der Waals surface area contributed by atoms with E-state index in [1.165, 1.54) is 5.57 Å². The molecule has 0 radical (unpaired) electrons. The summed E-state index contributed by atoms with van der Waals surface area (Å²) >= 11 is 0. The van der Waals surface area contributed by atoms with Gasteiger partial charge in [0.25, 0.3) is 0 Å². The van der Waals surface area contributed by atoms with Crippen molar-refractivity contribution in [3.63, 3.8) is 0 Å². The van der Waals surface area contributed by atoms with Gasteiger partial charge in [-0.3, -0.25) is 4.79 Å². The van der Waals surface area contributed by atoms with Crippen LogP contribution in [0, 0.1) is 0 Å². The molecule has 0 saturated heterocycles. The SMILES string of the molecule is CCC1=C(C)CN(C(C)(C)C)C1=O. The first kappa shape index (κ1) is 10.3. The summed E-state index contributed by atoms with van der Waals surface area (Å²) in [6.45, 7) is 11.2. The van der Waals surface area contributed by atoms with E-state index in [9.17, 15) is 4.79 Å². The lowest BCUT2D eigenvalue weighted by Gasteiger charge is -2.32. The second-order valence-corrected chi connectivity index (χ2v) is 4.67. The number of rotatable bonds is 1. The van der Waals surface area contributed by atoms with Crippen LogP contribution in [0.25, 0.3) is 0 Å². The molecule has 1 aliphatic rings. The summed E-state index contributed by atoms with van der Waals surface area (Å²) < 4.78 is 0. The third kappa shape index (κ3) is 1.77. The first-order chi connectivity index (χ1) is 5.88. The predicted octanol–water partition coefficient (Wildman–Crippen LogP) is 2.35. The van der Waals surface area contributed by atoms with Crippen molar-refractivity contribution in [2.75, 3.05) is 6.54 Å². The molecule has 0 aliphatic carbocycles. The molecule has 0 saturated carbocycles. The average Bonchev–Trinajstić information content (AvgIpc) is 2.25. The molecule has 0 unspecified atom stereocenters. The Bertz CT molecular complexity index is 258. The molecule has 13 heavy (non-hydrogen) atoms. The van der Waals surface area contributed by atoms with Crippen LogP contribution in [0.3, 0.4) is 0 Å². The lowest BCUT2D eigenvalue weighted by molar-refractivity contribution is -0.129. The van der Waals surface area contributed by atoms with Gasteiger partial charge in [-0.2, -0.15) is 0 Å². The quantitative estimate of drug-likeness (QED) is 0.608. The van der Waals surface area contributed by atoms with E-state index in [-0.39, 0.29) is 11.4 Å². The maximum Gasteiger partial charge on any atom is 0.250 e. The van der Waals surface area contributed by atoms with E-state index >= 15 is 0 Å². The zero-order valence-corrected chi connectivity index (χ0v) is 9.27. The summed E-state index contributed by atoms with van der Waals surface area (Å²) in [5.74, 6) is 0.229. The van der Waals surface area contributed by atoms with Gasteiger partial charge in [0.05, 0.1) is 0 Å². The third-order valence-corrected chi connectivity index (χ3v) is 2.58. The fraction of sp³-hybridized carbons (Fsp3) is 0.727. The van der Waals surface area contributed by atoms with Crippen molar-refractivity contribution in [3.05, 3.63) is 11.1 Å². The van der Waals surface area contributed by atoms with Crippen LogP contribution in [0.15, 0.2) is 11.1 Å². The molecular weight excluding hydrogens is 162 g/mol. The minimum atomic E-state index is -0.0464. The number of nitrogens with zero attached hydrogens (tertiary/aromatic N) is 1. The van der Waals surface area contributed by atoms with Gasteiger partial charge in [-0.1, -0.05) is 6.92 Å². The molecule has 0 aromatic heterocycles. The number of amides is 1. The van der Waals surface area contributed by atoms with Crippen LogP contribution in [0.4, 0.5) is 0 Å². The molecule has 0 aromatic carbocycles. The number of carbonyl (C=O) groups is 1. The van der Waals surface area contributed by atoms with Crippen LogP contribution in [0.1, 0.15) is 41.0 Å². The summed E-state index contributed by atoms with van der Waals surface area (Å²) in [5.41, 5.74) is 2.20. The smallest absolute Gasteiger partial charge is 0.250 e. The van der Waals surface area contributed by atoms with Crippen molar-refractivity contribution >= 4 is 5.91 Å². The fourth-order valence-corrected chi connectivity index (χ4v) is 1.74. The Hall–Kier alpha value is -0.790. The zero-order valence-electron chi connectivity index (χ0n) is 9.27. The van der Waals surface area contributed by atoms with Crippen molar-refractivity contribution in [3.8, 4) is 0 Å². The minimum Gasteiger partial charge on any atom is -0.330 e. The highest BCUT2D eigenvalue weighted by molar-refractivity contribution is 5.97. The minimum absolute atomic E-state index is 0.0464. The van der Waals surface area contributed by atoms with E-state index in [1.54, 1.807) is 0 Å². The number of carbonyl (C=O) groups excluding carboxylic acids is 1. The largest absolute Gasteiger partial charge is 0.330 e. The van der Waals surface area contributed by atoms with E-state index in [1.807, 2.05) is 11.8 Å². The first-order valence-electron chi connectivity index (χ1n) is 4.88. The highest BCUT2D eigenvalue weighted by Crippen LogP contribution is 2.27. The molecule has 1 aliphatic heterocycles. The summed E-state index contributed by atoms with van der Waals surface area (Å²) in [6, 6.07) is 0. The van der Waals surface area contributed by atoms with Crippen LogP contribution in [-0.2, 0) is 4.79 Å². The molecule has 0 fully saturated rings. The molecule has 0 N–H and O–H groups in total. The van der Waals surface area contributed by atoms with E-state index in [0.29, 0.717) is 0 Å². The Morgan fingerprint density at radius 1 is 1.38 bits per heavy atom. The Morgan fingerprint density at radius 3 is 2.15 bits per heavy atom. The van der Waals surface area contributed by atoms with E-state index in [0.717, 1.165) is 18.5 Å². The molecule has 74 valence electrons. The zero-order chi connectivity index (χ0) is 10.2. The van der Waals surface area contributed by atoms with Crippen LogP contribution >= 0.6 is 0 Å². The average molecular weight is 181 g/mol. The van der Waals surface area contributed by atoms with Crippen molar-refractivity contribution < 1.29 is 4.79 Å². The second kappa shape index (κ2) is 3.17. The van der Waals surface area contributed by atoms with E-state index in [2.05, 4.69) is 27.7 Å². The maximum absolute atomic E-state index is 11.9. The first-order valence-corrected chi connectivity index (χ1v) is 4.88. The molecular formula is C11H19NO. The van der Waals surface area contributed by atoms with Gasteiger partial charge in [0.15, 0.2) is 0 Å². The highest BCUT2D eigenvalue weighted by Gasteiger charge is 2.33. The summed E-state index contributed by atoms with van der Waals surface area (Å²) in [6.07, 6.45) is 0.858.